The molecule has 0 saturated carbocycles. The Hall–Kier alpha value is -3.26. The molecule has 3 aromatic rings. The van der Waals surface area contributed by atoms with Gasteiger partial charge in [0.05, 0.1) is 7.11 Å². The van der Waals surface area contributed by atoms with Crippen molar-refractivity contribution in [1.29, 1.82) is 0 Å². The number of nitrogens with one attached hydrogen (secondary N) is 2. The van der Waals surface area contributed by atoms with Crippen LogP contribution in [0, 0.1) is 0 Å². The summed E-state index contributed by atoms with van der Waals surface area (Å²) in [6.45, 7) is 1.60. The average molecular weight is 382 g/mol. The van der Waals surface area contributed by atoms with E-state index in [4.69, 9.17) is 4.74 Å². The van der Waals surface area contributed by atoms with Crippen molar-refractivity contribution < 1.29 is 14.3 Å². The van der Waals surface area contributed by atoms with Gasteiger partial charge >= 0.3 is 0 Å². The van der Waals surface area contributed by atoms with E-state index in [2.05, 4.69) is 20.8 Å². The number of anilines is 1. The minimum absolute atomic E-state index is 0.362. The lowest BCUT2D eigenvalue weighted by Crippen LogP contribution is -2.41. The molecular formula is C19H18N4O3S. The first-order valence-corrected chi connectivity index (χ1v) is 9.03. The van der Waals surface area contributed by atoms with Crippen LogP contribution < -0.4 is 15.4 Å². The highest BCUT2D eigenvalue weighted by molar-refractivity contribution is 7.18. The molecule has 2 amide bonds. The van der Waals surface area contributed by atoms with Crippen LogP contribution in [0.25, 0.3) is 10.6 Å². The number of nitrogens with zero attached hydrogens (tertiary/aromatic N) is 2. The molecule has 7 nitrogen and oxygen atoms in total. The van der Waals surface area contributed by atoms with Crippen LogP contribution in [0.15, 0.2) is 54.6 Å². The monoisotopic (exact) mass is 382 g/mol. The number of aromatic nitrogens is 2. The second-order valence-electron chi connectivity index (χ2n) is 5.69. The normalized spacial score (nSPS) is 11.5. The molecule has 2 aromatic carbocycles. The van der Waals surface area contributed by atoms with Gasteiger partial charge in [-0.05, 0) is 25.1 Å². The molecule has 2 N–H and O–H groups in total. The molecule has 0 aliphatic carbocycles. The zero-order valence-corrected chi connectivity index (χ0v) is 15.6. The molecule has 138 valence electrons. The van der Waals surface area contributed by atoms with Gasteiger partial charge in [0, 0.05) is 11.1 Å². The van der Waals surface area contributed by atoms with Gasteiger partial charge in [-0.3, -0.25) is 14.9 Å². The molecule has 3 rings (SSSR count). The second-order valence-corrected chi connectivity index (χ2v) is 6.67. The summed E-state index contributed by atoms with van der Waals surface area (Å²) in [5.74, 6) is -0.164. The Bertz CT molecular complexity index is 943. The van der Waals surface area contributed by atoms with Crippen molar-refractivity contribution in [3.8, 4) is 16.3 Å². The lowest BCUT2D eigenvalue weighted by atomic mass is 10.2. The van der Waals surface area contributed by atoms with Gasteiger partial charge in [-0.25, -0.2) is 0 Å². The first kappa shape index (κ1) is 18.5. The van der Waals surface area contributed by atoms with E-state index in [1.807, 2.05) is 30.3 Å². The Labute approximate surface area is 160 Å². The van der Waals surface area contributed by atoms with E-state index in [-0.39, 0.29) is 11.8 Å². The van der Waals surface area contributed by atoms with Crippen molar-refractivity contribution in [2.75, 3.05) is 12.4 Å². The Balaban J connectivity index is 1.61. The molecule has 1 aromatic heterocycles. The van der Waals surface area contributed by atoms with Crippen LogP contribution in [-0.4, -0.2) is 35.2 Å². The van der Waals surface area contributed by atoms with Crippen LogP contribution in [0.4, 0.5) is 5.13 Å². The average Bonchev–Trinajstić information content (AvgIpc) is 3.17. The lowest BCUT2D eigenvalue weighted by Gasteiger charge is -2.13. The van der Waals surface area contributed by atoms with E-state index in [9.17, 15) is 9.59 Å². The topological polar surface area (TPSA) is 93.2 Å². The summed E-state index contributed by atoms with van der Waals surface area (Å²) in [5.41, 5.74) is 1.34. The van der Waals surface area contributed by atoms with Gasteiger partial charge in [0.1, 0.15) is 16.8 Å². The number of benzene rings is 2. The van der Waals surface area contributed by atoms with Crippen LogP contribution in [0.5, 0.6) is 5.75 Å². The van der Waals surface area contributed by atoms with Gasteiger partial charge in [0.25, 0.3) is 5.91 Å². The highest BCUT2D eigenvalue weighted by Gasteiger charge is 2.18. The summed E-state index contributed by atoms with van der Waals surface area (Å²) >= 11 is 1.27. The number of rotatable bonds is 6. The van der Waals surface area contributed by atoms with Gasteiger partial charge in [0.2, 0.25) is 11.0 Å². The number of hydrogen-bond donors (Lipinski definition) is 2. The number of ether oxygens (including phenoxy) is 1. The molecule has 0 saturated heterocycles. The third kappa shape index (κ3) is 4.68. The predicted molar refractivity (Wildman–Crippen MR) is 104 cm³/mol. The molecule has 1 atom stereocenters. The fourth-order valence-electron chi connectivity index (χ4n) is 2.29. The summed E-state index contributed by atoms with van der Waals surface area (Å²) in [5, 5.41) is 14.5. The van der Waals surface area contributed by atoms with Crippen molar-refractivity contribution in [2.45, 2.75) is 13.0 Å². The van der Waals surface area contributed by atoms with Crippen molar-refractivity contribution in [2.24, 2.45) is 0 Å². The largest absolute Gasteiger partial charge is 0.497 e. The smallest absolute Gasteiger partial charge is 0.252 e. The first-order valence-electron chi connectivity index (χ1n) is 8.21. The molecule has 0 spiro atoms. The second kappa shape index (κ2) is 8.41. The van der Waals surface area contributed by atoms with Gasteiger partial charge in [-0.1, -0.05) is 47.7 Å². The number of amides is 2. The van der Waals surface area contributed by atoms with Crippen molar-refractivity contribution in [1.82, 2.24) is 15.5 Å². The summed E-state index contributed by atoms with van der Waals surface area (Å²) in [6, 6.07) is 15.5. The molecule has 0 unspecified atom stereocenters. The van der Waals surface area contributed by atoms with Gasteiger partial charge in [-0.15, -0.1) is 10.2 Å². The predicted octanol–water partition coefficient (Wildman–Crippen LogP) is 2.97. The quantitative estimate of drug-likeness (QED) is 0.684. The maximum atomic E-state index is 12.3. The number of hydrogen-bond acceptors (Lipinski definition) is 6. The van der Waals surface area contributed by atoms with Crippen LogP contribution in [0.2, 0.25) is 0 Å². The molecule has 0 aliphatic heterocycles. The molecule has 0 bridgehead atoms. The summed E-state index contributed by atoms with van der Waals surface area (Å²) in [6.07, 6.45) is 0. The summed E-state index contributed by atoms with van der Waals surface area (Å²) < 4.78 is 5.10. The number of carbonyl (C=O) groups excluding carboxylic acids is 2. The lowest BCUT2D eigenvalue weighted by molar-refractivity contribution is -0.117. The summed E-state index contributed by atoms with van der Waals surface area (Å²) in [4.78, 5) is 24.6. The zero-order valence-electron chi connectivity index (χ0n) is 14.8. The highest BCUT2D eigenvalue weighted by Crippen LogP contribution is 2.25. The fourth-order valence-corrected chi connectivity index (χ4v) is 3.05. The van der Waals surface area contributed by atoms with E-state index < -0.39 is 6.04 Å². The van der Waals surface area contributed by atoms with E-state index in [1.54, 1.807) is 31.2 Å². The first-order chi connectivity index (χ1) is 13.1. The molecule has 27 heavy (non-hydrogen) atoms. The Kier molecular flexibility index (Phi) is 5.77. The standard InChI is InChI=1S/C19H18N4O3S/c1-12(20-17(25)14-9-6-10-15(11-14)26-2)16(24)21-19-23-22-18(27-19)13-7-4-3-5-8-13/h3-12H,1-2H3,(H,20,25)(H,21,23,24)/t12-/m0/s1. The van der Waals surface area contributed by atoms with Crippen LogP contribution >= 0.6 is 11.3 Å². The molecule has 1 heterocycles. The van der Waals surface area contributed by atoms with Crippen LogP contribution in [0.3, 0.4) is 0 Å². The third-order valence-electron chi connectivity index (χ3n) is 3.75. The molecule has 0 radical (unpaired) electrons. The van der Waals surface area contributed by atoms with Crippen molar-refractivity contribution >= 4 is 28.3 Å². The van der Waals surface area contributed by atoms with Crippen LogP contribution in [0.1, 0.15) is 17.3 Å². The number of carbonyl (C=O) groups is 2. The van der Waals surface area contributed by atoms with E-state index in [0.717, 1.165) is 5.56 Å². The van der Waals surface area contributed by atoms with Gasteiger partial charge < -0.3 is 10.1 Å². The number of methoxy groups -OCH3 is 1. The Morgan fingerprint density at radius 2 is 1.85 bits per heavy atom. The minimum Gasteiger partial charge on any atom is -0.497 e. The van der Waals surface area contributed by atoms with E-state index in [1.165, 1.54) is 18.4 Å². The van der Waals surface area contributed by atoms with E-state index >= 15 is 0 Å². The van der Waals surface area contributed by atoms with Gasteiger partial charge in [-0.2, -0.15) is 0 Å². The minimum atomic E-state index is -0.743. The van der Waals surface area contributed by atoms with Crippen molar-refractivity contribution in [3.05, 3.63) is 60.2 Å². The molecule has 0 aliphatic rings. The SMILES string of the molecule is COc1cccc(C(=O)N[C@@H](C)C(=O)Nc2nnc(-c3ccccc3)s2)c1. The Morgan fingerprint density at radius 1 is 1.07 bits per heavy atom. The van der Waals surface area contributed by atoms with Gasteiger partial charge in [0.15, 0.2) is 0 Å². The van der Waals surface area contributed by atoms with Crippen molar-refractivity contribution in [3.63, 3.8) is 0 Å². The Morgan fingerprint density at radius 3 is 2.59 bits per heavy atom. The third-order valence-corrected chi connectivity index (χ3v) is 4.64. The maximum absolute atomic E-state index is 12.3. The highest BCUT2D eigenvalue weighted by atomic mass is 32.1. The maximum Gasteiger partial charge on any atom is 0.252 e. The molecule has 8 heteroatoms. The van der Waals surface area contributed by atoms with Crippen LogP contribution in [-0.2, 0) is 4.79 Å². The zero-order chi connectivity index (χ0) is 19.2. The molecular weight excluding hydrogens is 364 g/mol. The van der Waals surface area contributed by atoms with E-state index in [0.29, 0.717) is 21.5 Å². The fraction of sp³-hybridized carbons (Fsp3) is 0.158. The summed E-state index contributed by atoms with van der Waals surface area (Å²) in [7, 11) is 1.53. The molecule has 0 fully saturated rings.